The first-order valence-electron chi connectivity index (χ1n) is 5.67. The Balaban J connectivity index is 2.43. The van der Waals surface area contributed by atoms with Gasteiger partial charge < -0.3 is 9.47 Å². The Labute approximate surface area is 102 Å². The first-order chi connectivity index (χ1) is 8.13. The summed E-state index contributed by atoms with van der Waals surface area (Å²) in [5.74, 6) is 0.501. The molecule has 1 rings (SSSR count). The van der Waals surface area contributed by atoms with E-state index in [-0.39, 0.29) is 5.97 Å². The molecule has 0 aliphatic rings. The molecule has 0 amide bonds. The third-order valence-electron chi connectivity index (χ3n) is 2.21. The molecule has 0 aromatic heterocycles. The van der Waals surface area contributed by atoms with Crippen molar-refractivity contribution in [1.82, 2.24) is 0 Å². The Hall–Kier alpha value is -1.77. The highest BCUT2D eigenvalue weighted by Gasteiger charge is 1.98. The van der Waals surface area contributed by atoms with Crippen molar-refractivity contribution in [2.45, 2.75) is 20.8 Å². The summed E-state index contributed by atoms with van der Waals surface area (Å²) in [4.78, 5) is 11.0. The molecule has 1 aromatic rings. The van der Waals surface area contributed by atoms with Crippen molar-refractivity contribution in [3.8, 4) is 5.75 Å². The third kappa shape index (κ3) is 4.72. The monoisotopic (exact) mass is 234 g/mol. The van der Waals surface area contributed by atoms with Crippen molar-refractivity contribution in [2.24, 2.45) is 0 Å². The van der Waals surface area contributed by atoms with Gasteiger partial charge in [0.1, 0.15) is 12.4 Å². The Morgan fingerprint density at radius 2 is 2.12 bits per heavy atom. The second kappa shape index (κ2) is 6.74. The molecule has 0 bridgehead atoms. The maximum absolute atomic E-state index is 11.0. The number of benzene rings is 1. The topological polar surface area (TPSA) is 35.5 Å². The van der Waals surface area contributed by atoms with Crippen LogP contribution >= 0.6 is 0 Å². The standard InChI is InChI=1S/C14H18O3/c1-4-16-14(15)6-5-9-17-13-8-7-11(2)10-12(13)3/h5-8,10H,4,9H2,1-3H3/b6-5+. The van der Waals surface area contributed by atoms with Gasteiger partial charge in [-0.15, -0.1) is 0 Å². The Morgan fingerprint density at radius 3 is 2.76 bits per heavy atom. The highest BCUT2D eigenvalue weighted by Crippen LogP contribution is 2.18. The fourth-order valence-electron chi connectivity index (χ4n) is 1.43. The quantitative estimate of drug-likeness (QED) is 0.580. The zero-order valence-electron chi connectivity index (χ0n) is 10.5. The van der Waals surface area contributed by atoms with Crippen LogP contribution in [-0.4, -0.2) is 19.2 Å². The minimum Gasteiger partial charge on any atom is -0.489 e. The summed E-state index contributed by atoms with van der Waals surface area (Å²) in [5, 5.41) is 0. The van der Waals surface area contributed by atoms with E-state index < -0.39 is 0 Å². The van der Waals surface area contributed by atoms with Gasteiger partial charge in [0.2, 0.25) is 0 Å². The zero-order valence-corrected chi connectivity index (χ0v) is 10.5. The molecule has 0 saturated heterocycles. The zero-order chi connectivity index (χ0) is 12.7. The molecular weight excluding hydrogens is 216 g/mol. The fraction of sp³-hybridized carbons (Fsp3) is 0.357. The summed E-state index contributed by atoms with van der Waals surface area (Å²) in [6.45, 7) is 6.57. The van der Waals surface area contributed by atoms with Gasteiger partial charge in [0.15, 0.2) is 0 Å². The van der Waals surface area contributed by atoms with E-state index in [1.54, 1.807) is 13.0 Å². The molecule has 0 N–H and O–H groups in total. The summed E-state index contributed by atoms with van der Waals surface area (Å²) < 4.78 is 10.3. The van der Waals surface area contributed by atoms with E-state index in [1.807, 2.05) is 26.0 Å². The van der Waals surface area contributed by atoms with E-state index in [1.165, 1.54) is 11.6 Å². The van der Waals surface area contributed by atoms with Crippen LogP contribution in [0.15, 0.2) is 30.4 Å². The molecule has 17 heavy (non-hydrogen) atoms. The van der Waals surface area contributed by atoms with Crippen LogP contribution < -0.4 is 4.74 Å². The van der Waals surface area contributed by atoms with E-state index in [4.69, 9.17) is 9.47 Å². The van der Waals surface area contributed by atoms with Crippen LogP contribution in [0.4, 0.5) is 0 Å². The summed E-state index contributed by atoms with van der Waals surface area (Å²) in [5.41, 5.74) is 2.30. The molecule has 1 aromatic carbocycles. The number of aryl methyl sites for hydroxylation is 2. The highest BCUT2D eigenvalue weighted by molar-refractivity contribution is 5.81. The van der Waals surface area contributed by atoms with Gasteiger partial charge in [0.05, 0.1) is 6.61 Å². The number of hydrogen-bond donors (Lipinski definition) is 0. The van der Waals surface area contributed by atoms with E-state index in [9.17, 15) is 4.79 Å². The summed E-state index contributed by atoms with van der Waals surface area (Å²) in [6.07, 6.45) is 3.03. The van der Waals surface area contributed by atoms with Gasteiger partial charge in [0.25, 0.3) is 0 Å². The number of ether oxygens (including phenoxy) is 2. The van der Waals surface area contributed by atoms with Gasteiger partial charge in [-0.3, -0.25) is 0 Å². The maximum Gasteiger partial charge on any atom is 0.330 e. The van der Waals surface area contributed by atoms with Crippen LogP contribution in [0.5, 0.6) is 5.75 Å². The molecule has 0 unspecified atom stereocenters. The fourth-order valence-corrected chi connectivity index (χ4v) is 1.43. The number of esters is 1. The molecule has 0 heterocycles. The molecule has 0 radical (unpaired) electrons. The van der Waals surface area contributed by atoms with E-state index >= 15 is 0 Å². The van der Waals surface area contributed by atoms with E-state index in [0.717, 1.165) is 11.3 Å². The van der Waals surface area contributed by atoms with Crippen molar-refractivity contribution in [3.05, 3.63) is 41.5 Å². The van der Waals surface area contributed by atoms with E-state index in [0.29, 0.717) is 13.2 Å². The molecule has 3 heteroatoms. The molecule has 0 atom stereocenters. The smallest absolute Gasteiger partial charge is 0.330 e. The molecule has 0 aliphatic carbocycles. The largest absolute Gasteiger partial charge is 0.489 e. The van der Waals surface area contributed by atoms with Gasteiger partial charge >= 0.3 is 5.97 Å². The van der Waals surface area contributed by atoms with Crippen molar-refractivity contribution < 1.29 is 14.3 Å². The van der Waals surface area contributed by atoms with Crippen LogP contribution in [0.2, 0.25) is 0 Å². The second-order valence-corrected chi connectivity index (χ2v) is 3.73. The minimum absolute atomic E-state index is 0.336. The summed E-state index contributed by atoms with van der Waals surface area (Å²) in [7, 11) is 0. The van der Waals surface area contributed by atoms with Crippen LogP contribution in [0.25, 0.3) is 0 Å². The van der Waals surface area contributed by atoms with Gasteiger partial charge in [0, 0.05) is 6.08 Å². The van der Waals surface area contributed by atoms with Crippen LogP contribution in [-0.2, 0) is 9.53 Å². The number of carbonyl (C=O) groups is 1. The summed E-state index contributed by atoms with van der Waals surface area (Å²) >= 11 is 0. The summed E-state index contributed by atoms with van der Waals surface area (Å²) in [6, 6.07) is 5.99. The number of carbonyl (C=O) groups excluding carboxylic acids is 1. The lowest BCUT2D eigenvalue weighted by Crippen LogP contribution is -2.01. The van der Waals surface area contributed by atoms with Crippen molar-refractivity contribution >= 4 is 5.97 Å². The van der Waals surface area contributed by atoms with Crippen molar-refractivity contribution in [2.75, 3.05) is 13.2 Å². The molecule has 0 spiro atoms. The average Bonchev–Trinajstić information content (AvgIpc) is 2.27. The van der Waals surface area contributed by atoms with Crippen molar-refractivity contribution in [1.29, 1.82) is 0 Å². The highest BCUT2D eigenvalue weighted by atomic mass is 16.5. The van der Waals surface area contributed by atoms with Gasteiger partial charge in [-0.05, 0) is 38.5 Å². The van der Waals surface area contributed by atoms with Gasteiger partial charge in [-0.1, -0.05) is 17.7 Å². The molecule has 0 fully saturated rings. The van der Waals surface area contributed by atoms with Crippen LogP contribution in [0, 0.1) is 13.8 Å². The molecule has 0 aliphatic heterocycles. The van der Waals surface area contributed by atoms with E-state index in [2.05, 4.69) is 6.07 Å². The molecule has 3 nitrogen and oxygen atoms in total. The lowest BCUT2D eigenvalue weighted by atomic mass is 10.1. The van der Waals surface area contributed by atoms with Gasteiger partial charge in [-0.2, -0.15) is 0 Å². The lowest BCUT2D eigenvalue weighted by Gasteiger charge is -2.07. The van der Waals surface area contributed by atoms with Gasteiger partial charge in [-0.25, -0.2) is 4.79 Å². The number of rotatable bonds is 5. The Morgan fingerprint density at radius 1 is 1.35 bits per heavy atom. The second-order valence-electron chi connectivity index (χ2n) is 3.73. The Kier molecular flexibility index (Phi) is 5.27. The first-order valence-corrected chi connectivity index (χ1v) is 5.67. The third-order valence-corrected chi connectivity index (χ3v) is 2.21. The number of hydrogen-bond acceptors (Lipinski definition) is 3. The predicted octanol–water partition coefficient (Wildman–Crippen LogP) is 2.80. The molecule has 92 valence electrons. The van der Waals surface area contributed by atoms with Crippen LogP contribution in [0.1, 0.15) is 18.1 Å². The van der Waals surface area contributed by atoms with Crippen LogP contribution in [0.3, 0.4) is 0 Å². The molecule has 0 saturated carbocycles. The minimum atomic E-state index is -0.336. The lowest BCUT2D eigenvalue weighted by molar-refractivity contribution is -0.137. The average molecular weight is 234 g/mol. The molecular formula is C14H18O3. The first kappa shape index (κ1) is 13.3. The maximum atomic E-state index is 11.0. The SMILES string of the molecule is CCOC(=O)/C=C/COc1ccc(C)cc1C. The van der Waals surface area contributed by atoms with Crippen molar-refractivity contribution in [3.63, 3.8) is 0 Å². The predicted molar refractivity (Wildman–Crippen MR) is 67.2 cm³/mol. The normalized spacial score (nSPS) is 10.5. The Bertz CT molecular complexity index is 408.